The molecule has 1 aliphatic rings. The van der Waals surface area contributed by atoms with E-state index in [0.29, 0.717) is 5.82 Å². The molecule has 0 saturated heterocycles. The summed E-state index contributed by atoms with van der Waals surface area (Å²) in [4.78, 5) is 13.4. The highest BCUT2D eigenvalue weighted by molar-refractivity contribution is 5.70. The van der Waals surface area contributed by atoms with Gasteiger partial charge in [0.15, 0.2) is 5.82 Å². The molecule has 0 amide bonds. The Kier molecular flexibility index (Phi) is 6.29. The summed E-state index contributed by atoms with van der Waals surface area (Å²) in [5, 5.41) is 4.76. The van der Waals surface area contributed by atoms with Crippen molar-refractivity contribution in [2.24, 2.45) is 0 Å². The Morgan fingerprint density at radius 3 is 2.82 bits per heavy atom. The standard InChI is InChI=1S/C30H27FN6O/c1-20-18-36(19-33-20)27-11-7-21(15-28(27)38-2)8-12-29-34-30-25(6-4-14-37(30)35-29)24-10-9-23(31)16-26(24)22-5-3-13-32-17-22/h3,5,7-13,15-19,25H,4,6,14H2,1-2H3/b12-8+/t25-/m1/s1. The Morgan fingerprint density at radius 1 is 1.11 bits per heavy atom. The first-order chi connectivity index (χ1) is 18.6. The predicted octanol–water partition coefficient (Wildman–Crippen LogP) is 6.08. The summed E-state index contributed by atoms with van der Waals surface area (Å²) in [5.41, 5.74) is 5.62. The molecule has 0 unspecified atom stereocenters. The van der Waals surface area contributed by atoms with Crippen LogP contribution in [0.1, 0.15) is 47.2 Å². The minimum Gasteiger partial charge on any atom is -0.495 e. The fourth-order valence-corrected chi connectivity index (χ4v) is 5.07. The van der Waals surface area contributed by atoms with Crippen molar-refractivity contribution in [2.45, 2.75) is 32.2 Å². The molecule has 5 aromatic rings. The quantitative estimate of drug-likeness (QED) is 0.279. The lowest BCUT2D eigenvalue weighted by molar-refractivity contribution is 0.413. The summed E-state index contributed by atoms with van der Waals surface area (Å²) in [5.74, 6) is 2.05. The van der Waals surface area contributed by atoms with Gasteiger partial charge in [0.1, 0.15) is 17.4 Å². The summed E-state index contributed by atoms with van der Waals surface area (Å²) < 4.78 is 23.8. The molecule has 3 aromatic heterocycles. The molecular weight excluding hydrogens is 479 g/mol. The fraction of sp³-hybridized carbons (Fsp3) is 0.200. The van der Waals surface area contributed by atoms with E-state index in [1.54, 1.807) is 31.9 Å². The maximum atomic E-state index is 14.3. The van der Waals surface area contributed by atoms with Crippen LogP contribution >= 0.6 is 0 Å². The maximum Gasteiger partial charge on any atom is 0.174 e. The number of ether oxygens (including phenoxy) is 1. The van der Waals surface area contributed by atoms with E-state index in [1.807, 2.05) is 70.9 Å². The van der Waals surface area contributed by atoms with Gasteiger partial charge >= 0.3 is 0 Å². The molecule has 0 bridgehead atoms. The molecule has 6 rings (SSSR count). The van der Waals surface area contributed by atoms with Crippen molar-refractivity contribution in [1.82, 2.24) is 29.3 Å². The summed E-state index contributed by atoms with van der Waals surface area (Å²) in [6, 6.07) is 14.8. The Morgan fingerprint density at radius 2 is 2.03 bits per heavy atom. The van der Waals surface area contributed by atoms with Crippen molar-refractivity contribution < 1.29 is 9.13 Å². The van der Waals surface area contributed by atoms with E-state index < -0.39 is 0 Å². The molecule has 0 radical (unpaired) electrons. The van der Waals surface area contributed by atoms with Crippen LogP contribution in [-0.4, -0.2) is 36.4 Å². The third kappa shape index (κ3) is 4.61. The Bertz CT molecular complexity index is 1620. The Balaban J connectivity index is 1.31. The minimum atomic E-state index is -0.266. The van der Waals surface area contributed by atoms with Crippen molar-refractivity contribution >= 4 is 12.2 Å². The first kappa shape index (κ1) is 23.8. The lowest BCUT2D eigenvalue weighted by atomic mass is 9.86. The highest BCUT2D eigenvalue weighted by Crippen LogP contribution is 2.38. The number of rotatable bonds is 6. The number of halogens is 1. The van der Waals surface area contributed by atoms with E-state index in [4.69, 9.17) is 14.8 Å². The molecule has 4 heterocycles. The van der Waals surface area contributed by atoms with Gasteiger partial charge in [-0.2, -0.15) is 5.10 Å². The van der Waals surface area contributed by atoms with Gasteiger partial charge < -0.3 is 9.30 Å². The normalized spacial score (nSPS) is 15.1. The zero-order valence-electron chi connectivity index (χ0n) is 21.3. The second-order valence-corrected chi connectivity index (χ2v) is 9.41. The molecular formula is C30H27FN6O. The van der Waals surface area contributed by atoms with Crippen LogP contribution in [0.4, 0.5) is 4.39 Å². The van der Waals surface area contributed by atoms with Gasteiger partial charge in [-0.3, -0.25) is 4.98 Å². The molecule has 190 valence electrons. The Labute approximate surface area is 220 Å². The Hall–Kier alpha value is -4.59. The second kappa shape index (κ2) is 10.0. The van der Waals surface area contributed by atoms with E-state index in [1.165, 1.54) is 6.07 Å². The number of fused-ring (bicyclic) bond motifs is 1. The molecule has 0 N–H and O–H groups in total. The van der Waals surface area contributed by atoms with Crippen LogP contribution in [0.3, 0.4) is 0 Å². The average Bonchev–Trinajstić information content (AvgIpc) is 3.58. The number of hydrogen-bond donors (Lipinski definition) is 0. The fourth-order valence-electron chi connectivity index (χ4n) is 5.07. The molecule has 7 nitrogen and oxygen atoms in total. The summed E-state index contributed by atoms with van der Waals surface area (Å²) >= 11 is 0. The molecule has 2 aromatic carbocycles. The van der Waals surface area contributed by atoms with E-state index >= 15 is 0 Å². The number of benzene rings is 2. The molecule has 1 aliphatic heterocycles. The van der Waals surface area contributed by atoms with Crippen molar-refractivity contribution in [3.63, 3.8) is 0 Å². The monoisotopic (exact) mass is 506 g/mol. The van der Waals surface area contributed by atoms with Gasteiger partial charge in [-0.1, -0.05) is 24.3 Å². The van der Waals surface area contributed by atoms with Crippen LogP contribution in [0.2, 0.25) is 0 Å². The van der Waals surface area contributed by atoms with E-state index in [-0.39, 0.29) is 11.7 Å². The maximum absolute atomic E-state index is 14.3. The molecule has 0 fully saturated rings. The van der Waals surface area contributed by atoms with Crippen LogP contribution < -0.4 is 4.74 Å². The van der Waals surface area contributed by atoms with Gasteiger partial charge in [0.2, 0.25) is 0 Å². The lowest BCUT2D eigenvalue weighted by Crippen LogP contribution is -2.18. The van der Waals surface area contributed by atoms with Crippen LogP contribution in [0.5, 0.6) is 5.75 Å². The number of nitrogens with zero attached hydrogens (tertiary/aromatic N) is 6. The van der Waals surface area contributed by atoms with Gasteiger partial charge in [-0.25, -0.2) is 19.0 Å². The molecule has 1 atom stereocenters. The number of aromatic nitrogens is 6. The third-order valence-corrected chi connectivity index (χ3v) is 6.87. The van der Waals surface area contributed by atoms with Crippen molar-refractivity contribution in [1.29, 1.82) is 0 Å². The number of methoxy groups -OCH3 is 1. The zero-order chi connectivity index (χ0) is 26.1. The summed E-state index contributed by atoms with van der Waals surface area (Å²) in [6.07, 6.45) is 13.0. The largest absolute Gasteiger partial charge is 0.495 e. The number of hydrogen-bond acceptors (Lipinski definition) is 5. The van der Waals surface area contributed by atoms with E-state index in [2.05, 4.69) is 9.97 Å². The SMILES string of the molecule is COc1cc(/C=C/c2nc3n(n2)CCC[C@@H]3c2ccc(F)cc2-c2cccnc2)ccc1-n1cnc(C)c1. The van der Waals surface area contributed by atoms with Crippen molar-refractivity contribution in [2.75, 3.05) is 7.11 Å². The topological polar surface area (TPSA) is 70.7 Å². The summed E-state index contributed by atoms with van der Waals surface area (Å²) in [7, 11) is 1.66. The number of aryl methyl sites for hydroxylation is 2. The highest BCUT2D eigenvalue weighted by Gasteiger charge is 2.28. The van der Waals surface area contributed by atoms with Gasteiger partial charge in [-0.15, -0.1) is 0 Å². The van der Waals surface area contributed by atoms with E-state index in [0.717, 1.165) is 64.6 Å². The van der Waals surface area contributed by atoms with Gasteiger partial charge in [0.25, 0.3) is 0 Å². The first-order valence-corrected chi connectivity index (χ1v) is 12.6. The van der Waals surface area contributed by atoms with Crippen LogP contribution in [-0.2, 0) is 6.54 Å². The van der Waals surface area contributed by atoms with Crippen molar-refractivity contribution in [3.8, 4) is 22.6 Å². The van der Waals surface area contributed by atoms with Gasteiger partial charge in [-0.05, 0) is 72.9 Å². The lowest BCUT2D eigenvalue weighted by Gasteiger charge is -2.24. The third-order valence-electron chi connectivity index (χ3n) is 6.87. The number of imidazole rings is 1. The zero-order valence-corrected chi connectivity index (χ0v) is 21.3. The molecule has 38 heavy (non-hydrogen) atoms. The van der Waals surface area contributed by atoms with Gasteiger partial charge in [0, 0.05) is 36.6 Å². The van der Waals surface area contributed by atoms with Crippen LogP contribution in [0, 0.1) is 12.7 Å². The first-order valence-electron chi connectivity index (χ1n) is 12.6. The smallest absolute Gasteiger partial charge is 0.174 e. The molecule has 8 heteroatoms. The molecule has 0 saturated carbocycles. The van der Waals surface area contributed by atoms with Crippen molar-refractivity contribution in [3.05, 3.63) is 108 Å². The molecule has 0 spiro atoms. The van der Waals surface area contributed by atoms with Crippen LogP contribution in [0.25, 0.3) is 29.0 Å². The number of pyridine rings is 1. The molecule has 0 aliphatic carbocycles. The predicted molar refractivity (Wildman–Crippen MR) is 145 cm³/mol. The minimum absolute atomic E-state index is 0.0206. The summed E-state index contributed by atoms with van der Waals surface area (Å²) in [6.45, 7) is 2.76. The second-order valence-electron chi connectivity index (χ2n) is 9.41. The highest BCUT2D eigenvalue weighted by atomic mass is 19.1. The average molecular weight is 507 g/mol. The van der Waals surface area contributed by atoms with Crippen LogP contribution in [0.15, 0.2) is 73.4 Å². The van der Waals surface area contributed by atoms with Gasteiger partial charge in [0.05, 0.1) is 24.8 Å². The van der Waals surface area contributed by atoms with E-state index in [9.17, 15) is 4.39 Å².